The molecule has 1 saturated heterocycles. The molecule has 0 radical (unpaired) electrons. The highest BCUT2D eigenvalue weighted by molar-refractivity contribution is 7.99. The zero-order valence-corrected chi connectivity index (χ0v) is 12.1. The van der Waals surface area contributed by atoms with Gasteiger partial charge in [0.2, 0.25) is 0 Å². The van der Waals surface area contributed by atoms with Crippen LogP contribution in [0.4, 0.5) is 0 Å². The summed E-state index contributed by atoms with van der Waals surface area (Å²) in [4.78, 5) is 17.7. The maximum atomic E-state index is 10.8. The fraction of sp³-hybridized carbons (Fsp3) is 0.429. The predicted octanol–water partition coefficient (Wildman–Crippen LogP) is 2.09. The molecule has 5 nitrogen and oxygen atoms in total. The molecule has 0 saturated carbocycles. The van der Waals surface area contributed by atoms with Crippen LogP contribution in [-0.4, -0.2) is 51.4 Å². The van der Waals surface area contributed by atoms with Crippen LogP contribution < -0.4 is 0 Å². The Labute approximate surface area is 121 Å². The molecule has 3 rings (SSSR count). The van der Waals surface area contributed by atoms with Crippen molar-refractivity contribution in [1.29, 1.82) is 0 Å². The maximum Gasteiger partial charge on any atom is 0.313 e. The SMILES string of the molecule is CN1CCC(n2c(SCC(=O)O)nc3ccccc32)C1. The van der Waals surface area contributed by atoms with Crippen LogP contribution in [0.2, 0.25) is 0 Å². The van der Waals surface area contributed by atoms with Gasteiger partial charge in [-0.2, -0.15) is 0 Å². The number of fused-ring (bicyclic) bond motifs is 1. The van der Waals surface area contributed by atoms with Crippen LogP contribution in [0.5, 0.6) is 0 Å². The average molecular weight is 291 g/mol. The van der Waals surface area contributed by atoms with E-state index in [-0.39, 0.29) is 5.75 Å². The third-order valence-electron chi connectivity index (χ3n) is 3.62. The van der Waals surface area contributed by atoms with E-state index in [4.69, 9.17) is 5.11 Å². The molecule has 0 aliphatic carbocycles. The topological polar surface area (TPSA) is 58.4 Å². The van der Waals surface area contributed by atoms with Crippen LogP contribution in [0.25, 0.3) is 11.0 Å². The molecule has 106 valence electrons. The summed E-state index contributed by atoms with van der Waals surface area (Å²) < 4.78 is 2.21. The quantitative estimate of drug-likeness (QED) is 0.874. The number of rotatable bonds is 4. The summed E-state index contributed by atoms with van der Waals surface area (Å²) in [6.07, 6.45) is 1.08. The third-order valence-corrected chi connectivity index (χ3v) is 4.56. The lowest BCUT2D eigenvalue weighted by atomic mass is 10.2. The summed E-state index contributed by atoms with van der Waals surface area (Å²) in [5.41, 5.74) is 2.04. The first-order valence-electron chi connectivity index (χ1n) is 6.65. The molecule has 1 aromatic carbocycles. The Balaban J connectivity index is 2.01. The van der Waals surface area contributed by atoms with E-state index in [1.54, 1.807) is 0 Å². The zero-order chi connectivity index (χ0) is 14.1. The number of aromatic nitrogens is 2. The summed E-state index contributed by atoms with van der Waals surface area (Å²) >= 11 is 1.30. The number of thioether (sulfide) groups is 1. The Kier molecular flexibility index (Phi) is 3.67. The zero-order valence-electron chi connectivity index (χ0n) is 11.3. The Hall–Kier alpha value is -1.53. The van der Waals surface area contributed by atoms with Gasteiger partial charge in [0.25, 0.3) is 0 Å². The van der Waals surface area contributed by atoms with E-state index < -0.39 is 5.97 Å². The molecule has 0 bridgehead atoms. The van der Waals surface area contributed by atoms with Gasteiger partial charge in [0.1, 0.15) is 0 Å². The highest BCUT2D eigenvalue weighted by Gasteiger charge is 2.25. The second-order valence-corrected chi connectivity index (χ2v) is 6.08. The number of likely N-dealkylation sites (N-methyl/N-ethyl adjacent to an activating group) is 1. The summed E-state index contributed by atoms with van der Waals surface area (Å²) in [5, 5.41) is 9.70. The fourth-order valence-electron chi connectivity index (χ4n) is 2.73. The summed E-state index contributed by atoms with van der Waals surface area (Å²) in [7, 11) is 2.11. The highest BCUT2D eigenvalue weighted by atomic mass is 32.2. The predicted molar refractivity (Wildman–Crippen MR) is 79.2 cm³/mol. The molecule has 1 N–H and O–H groups in total. The van der Waals surface area contributed by atoms with Crippen LogP contribution >= 0.6 is 11.8 Å². The smallest absolute Gasteiger partial charge is 0.313 e. The summed E-state index contributed by atoms with van der Waals surface area (Å²) in [6.45, 7) is 2.06. The van der Waals surface area contributed by atoms with Crippen LogP contribution in [0.15, 0.2) is 29.4 Å². The monoisotopic (exact) mass is 291 g/mol. The normalized spacial score (nSPS) is 19.8. The van der Waals surface area contributed by atoms with Crippen molar-refractivity contribution in [3.63, 3.8) is 0 Å². The largest absolute Gasteiger partial charge is 0.481 e. The number of likely N-dealkylation sites (tertiary alicyclic amines) is 1. The second-order valence-electron chi connectivity index (χ2n) is 5.14. The number of carboxylic acid groups (broad SMARTS) is 1. The van der Waals surface area contributed by atoms with Crippen molar-refractivity contribution in [2.24, 2.45) is 0 Å². The van der Waals surface area contributed by atoms with E-state index in [1.807, 2.05) is 18.2 Å². The molecular weight excluding hydrogens is 274 g/mol. The molecule has 1 aliphatic heterocycles. The number of carboxylic acids is 1. The Morgan fingerprint density at radius 2 is 2.30 bits per heavy atom. The molecule has 1 fully saturated rings. The second kappa shape index (κ2) is 5.46. The first-order chi connectivity index (χ1) is 9.65. The first-order valence-corrected chi connectivity index (χ1v) is 7.64. The minimum Gasteiger partial charge on any atom is -0.481 e. The van der Waals surface area contributed by atoms with Crippen molar-refractivity contribution in [3.8, 4) is 0 Å². The number of nitrogens with zero attached hydrogens (tertiary/aromatic N) is 3. The fourth-order valence-corrected chi connectivity index (χ4v) is 3.53. The molecule has 0 amide bonds. The molecule has 1 aliphatic rings. The summed E-state index contributed by atoms with van der Waals surface area (Å²) in [6, 6.07) is 8.39. The molecule has 1 atom stereocenters. The molecule has 2 aromatic rings. The van der Waals surface area contributed by atoms with Gasteiger partial charge in [-0.15, -0.1) is 0 Å². The Bertz CT molecular complexity index is 640. The number of benzene rings is 1. The lowest BCUT2D eigenvalue weighted by molar-refractivity contribution is -0.133. The maximum absolute atomic E-state index is 10.8. The number of hydrogen-bond acceptors (Lipinski definition) is 4. The number of carbonyl (C=O) groups is 1. The van der Waals surface area contributed by atoms with Gasteiger partial charge in [0.15, 0.2) is 5.16 Å². The highest BCUT2D eigenvalue weighted by Crippen LogP contribution is 2.31. The van der Waals surface area contributed by atoms with Crippen molar-refractivity contribution in [2.75, 3.05) is 25.9 Å². The van der Waals surface area contributed by atoms with E-state index in [0.29, 0.717) is 6.04 Å². The number of imidazole rings is 1. The average Bonchev–Trinajstić information content (AvgIpc) is 2.99. The van der Waals surface area contributed by atoms with Crippen LogP contribution in [0.1, 0.15) is 12.5 Å². The Morgan fingerprint density at radius 3 is 3.00 bits per heavy atom. The van der Waals surface area contributed by atoms with Gasteiger partial charge in [-0.3, -0.25) is 4.79 Å². The van der Waals surface area contributed by atoms with Gasteiger partial charge in [-0.1, -0.05) is 23.9 Å². The van der Waals surface area contributed by atoms with E-state index in [0.717, 1.165) is 35.7 Å². The van der Waals surface area contributed by atoms with Gasteiger partial charge in [-0.05, 0) is 32.1 Å². The molecule has 6 heteroatoms. The Morgan fingerprint density at radius 1 is 1.50 bits per heavy atom. The van der Waals surface area contributed by atoms with E-state index >= 15 is 0 Å². The minimum absolute atomic E-state index is 0.0475. The van der Waals surface area contributed by atoms with Crippen molar-refractivity contribution in [1.82, 2.24) is 14.5 Å². The van der Waals surface area contributed by atoms with Gasteiger partial charge < -0.3 is 14.6 Å². The van der Waals surface area contributed by atoms with Crippen molar-refractivity contribution in [3.05, 3.63) is 24.3 Å². The molecule has 1 unspecified atom stereocenters. The minimum atomic E-state index is -0.808. The number of aliphatic carboxylic acids is 1. The number of hydrogen-bond donors (Lipinski definition) is 1. The molecular formula is C14H17N3O2S. The van der Waals surface area contributed by atoms with Crippen molar-refractivity contribution in [2.45, 2.75) is 17.6 Å². The van der Waals surface area contributed by atoms with Gasteiger partial charge in [0, 0.05) is 6.54 Å². The van der Waals surface area contributed by atoms with Gasteiger partial charge >= 0.3 is 5.97 Å². The van der Waals surface area contributed by atoms with Crippen LogP contribution in [0.3, 0.4) is 0 Å². The molecule has 2 heterocycles. The summed E-state index contributed by atoms with van der Waals surface area (Å²) in [5.74, 6) is -0.761. The molecule has 1 aromatic heterocycles. The lowest BCUT2D eigenvalue weighted by Crippen LogP contribution is -2.17. The van der Waals surface area contributed by atoms with Gasteiger partial charge in [-0.25, -0.2) is 4.98 Å². The van der Waals surface area contributed by atoms with Crippen molar-refractivity contribution >= 4 is 28.8 Å². The van der Waals surface area contributed by atoms with Crippen LogP contribution in [-0.2, 0) is 4.79 Å². The van der Waals surface area contributed by atoms with E-state index in [2.05, 4.69) is 27.6 Å². The van der Waals surface area contributed by atoms with E-state index in [1.165, 1.54) is 11.8 Å². The van der Waals surface area contributed by atoms with Crippen molar-refractivity contribution < 1.29 is 9.90 Å². The number of para-hydroxylation sites is 2. The van der Waals surface area contributed by atoms with E-state index in [9.17, 15) is 4.79 Å². The molecule has 20 heavy (non-hydrogen) atoms. The molecule has 0 spiro atoms. The standard InChI is InChI=1S/C14H17N3O2S/c1-16-7-6-10(8-16)17-12-5-3-2-4-11(12)15-14(17)20-9-13(18)19/h2-5,10H,6-9H2,1H3,(H,18,19). The first kappa shape index (κ1) is 13.5. The van der Waals surface area contributed by atoms with Gasteiger partial charge in [0.05, 0.1) is 22.8 Å². The third kappa shape index (κ3) is 2.53. The van der Waals surface area contributed by atoms with Crippen LogP contribution in [0, 0.1) is 0 Å². The lowest BCUT2D eigenvalue weighted by Gasteiger charge is -2.16.